The second kappa shape index (κ2) is 6.58. The maximum Gasteiger partial charge on any atom is 0.538 e. The van der Waals surface area contributed by atoms with E-state index in [-0.39, 0.29) is 0 Å². The highest BCUT2D eigenvalue weighted by molar-refractivity contribution is 7.61. The standard InChI is InChI=1S/C6H12O11P2/c1-3(7)5(8)15-4(2)6(9)16-19(13,14)17-18(10,11)12/h3-4,7H,1-2H3,(H,13,14)(H2,10,11,12). The van der Waals surface area contributed by atoms with Crippen LogP contribution in [0.2, 0.25) is 0 Å². The van der Waals surface area contributed by atoms with Crippen LogP contribution in [-0.4, -0.2) is 43.9 Å². The molecule has 13 heteroatoms. The Hall–Kier alpha value is -0.800. The van der Waals surface area contributed by atoms with Gasteiger partial charge in [-0.15, -0.1) is 0 Å². The van der Waals surface area contributed by atoms with E-state index in [9.17, 15) is 18.7 Å². The van der Waals surface area contributed by atoms with Gasteiger partial charge in [-0.1, -0.05) is 0 Å². The molecule has 0 aliphatic heterocycles. The van der Waals surface area contributed by atoms with E-state index in [0.717, 1.165) is 13.8 Å². The van der Waals surface area contributed by atoms with Crippen LogP contribution in [0.25, 0.3) is 0 Å². The molecule has 0 saturated heterocycles. The van der Waals surface area contributed by atoms with Gasteiger partial charge in [0.15, 0.2) is 6.10 Å². The smallest absolute Gasteiger partial charge is 0.449 e. The van der Waals surface area contributed by atoms with E-state index < -0.39 is 39.8 Å². The van der Waals surface area contributed by atoms with Gasteiger partial charge in [-0.25, -0.2) is 18.7 Å². The molecule has 0 saturated carbocycles. The molecule has 19 heavy (non-hydrogen) atoms. The van der Waals surface area contributed by atoms with Crippen LogP contribution in [0, 0.1) is 0 Å². The molecule has 0 rings (SSSR count). The molecule has 0 aromatic rings. The zero-order valence-corrected chi connectivity index (χ0v) is 11.5. The zero-order chi connectivity index (χ0) is 15.4. The minimum absolute atomic E-state index is 0.945. The molecule has 0 aliphatic rings. The number of aliphatic hydroxyl groups excluding tert-OH is 1. The minimum atomic E-state index is -5.36. The lowest BCUT2D eigenvalue weighted by Crippen LogP contribution is -2.30. The summed E-state index contributed by atoms with van der Waals surface area (Å²) in [6, 6.07) is 0. The van der Waals surface area contributed by atoms with Crippen molar-refractivity contribution in [2.24, 2.45) is 0 Å². The topological polar surface area (TPSA) is 177 Å². The number of phosphoric ester groups is 1. The van der Waals surface area contributed by atoms with Crippen LogP contribution < -0.4 is 0 Å². The summed E-state index contributed by atoms with van der Waals surface area (Å²) in [6.45, 7) is 1.99. The van der Waals surface area contributed by atoms with Crippen molar-refractivity contribution in [2.45, 2.75) is 26.1 Å². The number of ether oxygens (including phenoxy) is 1. The summed E-state index contributed by atoms with van der Waals surface area (Å²) in [7, 11) is -10.7. The number of aliphatic hydroxyl groups is 1. The molecular formula is C6H12O11P2. The number of carbonyl (C=O) groups is 2. The molecule has 3 unspecified atom stereocenters. The van der Waals surface area contributed by atoms with Gasteiger partial charge in [-0.3, -0.25) is 4.89 Å². The Morgan fingerprint density at radius 3 is 1.89 bits per heavy atom. The van der Waals surface area contributed by atoms with Gasteiger partial charge in [0.1, 0.15) is 6.10 Å². The molecule has 0 radical (unpaired) electrons. The van der Waals surface area contributed by atoms with Crippen LogP contribution in [0.5, 0.6) is 0 Å². The fourth-order valence-electron chi connectivity index (χ4n) is 0.660. The third-order valence-electron chi connectivity index (χ3n) is 1.38. The lowest BCUT2D eigenvalue weighted by atomic mass is 10.4. The van der Waals surface area contributed by atoms with Crippen molar-refractivity contribution in [3.05, 3.63) is 0 Å². The number of esters is 1. The van der Waals surface area contributed by atoms with E-state index in [4.69, 9.17) is 19.8 Å². The van der Waals surface area contributed by atoms with E-state index >= 15 is 0 Å². The Morgan fingerprint density at radius 2 is 1.53 bits per heavy atom. The summed E-state index contributed by atoms with van der Waals surface area (Å²) < 4.78 is 32.7. The average Bonchev–Trinajstić information content (AvgIpc) is 2.11. The van der Waals surface area contributed by atoms with Crippen LogP contribution in [0.3, 0.4) is 0 Å². The maximum absolute atomic E-state index is 11.2. The summed E-state index contributed by atoms with van der Waals surface area (Å²) >= 11 is 0. The zero-order valence-electron chi connectivity index (χ0n) is 9.70. The highest BCUT2D eigenvalue weighted by atomic mass is 31.3. The monoisotopic (exact) mass is 322 g/mol. The Kier molecular flexibility index (Phi) is 6.30. The fraction of sp³-hybridized carbons (Fsp3) is 0.667. The second-order valence-corrected chi connectivity index (χ2v) is 5.96. The lowest BCUT2D eigenvalue weighted by molar-refractivity contribution is -0.167. The Morgan fingerprint density at radius 1 is 1.05 bits per heavy atom. The molecule has 0 bridgehead atoms. The van der Waals surface area contributed by atoms with Crippen LogP contribution in [-0.2, 0) is 32.3 Å². The predicted octanol–water partition coefficient (Wildman–Crippen LogP) is -0.948. The van der Waals surface area contributed by atoms with E-state index in [1.54, 1.807) is 0 Å². The van der Waals surface area contributed by atoms with Crippen molar-refractivity contribution in [3.63, 3.8) is 0 Å². The van der Waals surface area contributed by atoms with Gasteiger partial charge in [0.05, 0.1) is 0 Å². The molecule has 3 atom stereocenters. The van der Waals surface area contributed by atoms with Gasteiger partial charge in [0.25, 0.3) is 0 Å². The van der Waals surface area contributed by atoms with Crippen LogP contribution >= 0.6 is 15.6 Å². The molecule has 0 fully saturated rings. The lowest BCUT2D eigenvalue weighted by Gasteiger charge is -2.16. The third-order valence-corrected chi connectivity index (χ3v) is 3.47. The molecule has 11 nitrogen and oxygen atoms in total. The number of phosphoric acid groups is 2. The number of hydrogen-bond acceptors (Lipinski definition) is 8. The van der Waals surface area contributed by atoms with Gasteiger partial charge in [-0.2, -0.15) is 4.31 Å². The molecule has 0 aromatic carbocycles. The largest absolute Gasteiger partial charge is 0.538 e. The summed E-state index contributed by atoms with van der Waals surface area (Å²) in [6.07, 6.45) is -3.23. The number of carbonyl (C=O) groups excluding carboxylic acids is 2. The molecule has 112 valence electrons. The van der Waals surface area contributed by atoms with Crippen LogP contribution in [0.1, 0.15) is 13.8 Å². The molecule has 0 spiro atoms. The maximum atomic E-state index is 11.2. The van der Waals surface area contributed by atoms with Gasteiger partial charge in [0, 0.05) is 0 Å². The van der Waals surface area contributed by atoms with Crippen molar-refractivity contribution in [3.8, 4) is 0 Å². The van der Waals surface area contributed by atoms with Gasteiger partial charge >= 0.3 is 27.6 Å². The number of hydrogen-bond donors (Lipinski definition) is 4. The Balaban J connectivity index is 4.57. The van der Waals surface area contributed by atoms with Crippen LogP contribution in [0.4, 0.5) is 0 Å². The Bertz CT molecular complexity index is 436. The van der Waals surface area contributed by atoms with Crippen molar-refractivity contribution in [1.82, 2.24) is 0 Å². The normalized spacial score (nSPS) is 18.0. The predicted molar refractivity (Wildman–Crippen MR) is 56.3 cm³/mol. The summed E-state index contributed by atoms with van der Waals surface area (Å²) in [4.78, 5) is 47.4. The van der Waals surface area contributed by atoms with Gasteiger partial charge in [-0.05, 0) is 13.8 Å². The average molecular weight is 322 g/mol. The third kappa shape index (κ3) is 8.06. The highest BCUT2D eigenvalue weighted by Gasteiger charge is 2.37. The van der Waals surface area contributed by atoms with Crippen molar-refractivity contribution < 1.29 is 52.1 Å². The molecule has 4 N–H and O–H groups in total. The molecular weight excluding hydrogens is 310 g/mol. The summed E-state index contributed by atoms with van der Waals surface area (Å²) in [5, 5.41) is 8.78. The minimum Gasteiger partial charge on any atom is -0.449 e. The highest BCUT2D eigenvalue weighted by Crippen LogP contribution is 2.57. The van der Waals surface area contributed by atoms with E-state index in [2.05, 4.69) is 13.6 Å². The van der Waals surface area contributed by atoms with Crippen molar-refractivity contribution in [2.75, 3.05) is 0 Å². The van der Waals surface area contributed by atoms with E-state index in [1.807, 2.05) is 0 Å². The van der Waals surface area contributed by atoms with Gasteiger partial charge < -0.3 is 24.2 Å². The quantitative estimate of drug-likeness (QED) is 0.350. The second-order valence-electron chi connectivity index (χ2n) is 3.21. The van der Waals surface area contributed by atoms with E-state index in [0.29, 0.717) is 0 Å². The van der Waals surface area contributed by atoms with Crippen molar-refractivity contribution >= 4 is 27.6 Å². The van der Waals surface area contributed by atoms with Gasteiger partial charge in [0.2, 0.25) is 0 Å². The Labute approximate surface area is 107 Å². The fourth-order valence-corrected chi connectivity index (χ4v) is 2.24. The van der Waals surface area contributed by atoms with Crippen LogP contribution in [0.15, 0.2) is 0 Å². The summed E-state index contributed by atoms with van der Waals surface area (Å²) in [5.74, 6) is -2.79. The first-order valence-corrected chi connectivity index (χ1v) is 7.58. The first kappa shape index (κ1) is 18.2. The molecule has 0 amide bonds. The molecule has 0 heterocycles. The number of rotatable bonds is 6. The first-order valence-electron chi connectivity index (χ1n) is 4.56. The SMILES string of the molecule is CC(O)C(=O)OC(C)C(=O)OP(=O)(O)OP(=O)(O)O. The first-order chi connectivity index (χ1) is 8.34. The van der Waals surface area contributed by atoms with E-state index in [1.165, 1.54) is 0 Å². The molecule has 0 aromatic heterocycles. The molecule has 0 aliphatic carbocycles. The van der Waals surface area contributed by atoms with Crippen molar-refractivity contribution in [1.29, 1.82) is 0 Å². The summed E-state index contributed by atoms with van der Waals surface area (Å²) in [5.41, 5.74) is 0.